The summed E-state index contributed by atoms with van der Waals surface area (Å²) in [5, 5.41) is 7.31. The molecule has 84 valence electrons. The van der Waals surface area contributed by atoms with Crippen molar-refractivity contribution in [1.29, 1.82) is 0 Å². The lowest BCUT2D eigenvalue weighted by Gasteiger charge is -2.12. The second-order valence-electron chi connectivity index (χ2n) is 3.64. The van der Waals surface area contributed by atoms with Crippen molar-refractivity contribution in [2.45, 2.75) is 19.9 Å². The van der Waals surface area contributed by atoms with Crippen LogP contribution in [0.15, 0.2) is 27.7 Å². The van der Waals surface area contributed by atoms with Crippen LogP contribution < -0.4 is 10.9 Å². The molecule has 1 unspecified atom stereocenters. The lowest BCUT2D eigenvalue weighted by Crippen LogP contribution is -2.13. The van der Waals surface area contributed by atoms with Gasteiger partial charge in [-0.2, -0.15) is 11.3 Å². The van der Waals surface area contributed by atoms with Crippen molar-refractivity contribution in [3.8, 4) is 0 Å². The van der Waals surface area contributed by atoms with Crippen LogP contribution in [-0.4, -0.2) is 9.97 Å². The molecule has 2 heterocycles. The van der Waals surface area contributed by atoms with Crippen LogP contribution in [0, 0.1) is 6.92 Å². The topological polar surface area (TPSA) is 57.8 Å². The minimum absolute atomic E-state index is 0.132. The highest BCUT2D eigenvalue weighted by Crippen LogP contribution is 2.19. The van der Waals surface area contributed by atoms with Gasteiger partial charge in [0.1, 0.15) is 11.6 Å². The van der Waals surface area contributed by atoms with E-state index in [1.165, 1.54) is 11.6 Å². The van der Waals surface area contributed by atoms with Crippen molar-refractivity contribution >= 4 is 17.2 Å². The first kappa shape index (κ1) is 10.9. The van der Waals surface area contributed by atoms with Crippen molar-refractivity contribution in [1.82, 2.24) is 9.97 Å². The molecule has 0 saturated heterocycles. The summed E-state index contributed by atoms with van der Waals surface area (Å²) in [7, 11) is 0. The molecule has 2 rings (SSSR count). The molecular formula is C11H13N3OS. The molecule has 0 radical (unpaired) electrons. The summed E-state index contributed by atoms with van der Waals surface area (Å²) in [4.78, 5) is 18.1. The van der Waals surface area contributed by atoms with Gasteiger partial charge in [0.15, 0.2) is 0 Å². The summed E-state index contributed by atoms with van der Waals surface area (Å²) in [6.45, 7) is 3.81. The maximum absolute atomic E-state index is 11.2. The molecule has 0 saturated carbocycles. The quantitative estimate of drug-likeness (QED) is 0.858. The number of rotatable bonds is 3. The molecule has 0 fully saturated rings. The van der Waals surface area contributed by atoms with Crippen LogP contribution >= 0.6 is 11.3 Å². The summed E-state index contributed by atoms with van der Waals surface area (Å²) in [5.41, 5.74) is 1.07. The molecule has 0 aliphatic rings. The number of hydrogen-bond donors (Lipinski definition) is 2. The van der Waals surface area contributed by atoms with Gasteiger partial charge in [-0.25, -0.2) is 4.98 Å². The lowest BCUT2D eigenvalue weighted by molar-refractivity contribution is 0.869. The van der Waals surface area contributed by atoms with E-state index in [2.05, 4.69) is 26.7 Å². The number of nitrogens with zero attached hydrogens (tertiary/aromatic N) is 1. The second kappa shape index (κ2) is 4.49. The molecule has 0 aliphatic carbocycles. The first-order valence-electron chi connectivity index (χ1n) is 5.02. The van der Waals surface area contributed by atoms with Crippen LogP contribution in [0.4, 0.5) is 5.82 Å². The number of hydrogen-bond acceptors (Lipinski definition) is 4. The van der Waals surface area contributed by atoms with Crippen LogP contribution in [-0.2, 0) is 0 Å². The number of thiophene rings is 1. The number of aromatic nitrogens is 2. The van der Waals surface area contributed by atoms with Crippen LogP contribution in [0.5, 0.6) is 0 Å². The second-order valence-corrected chi connectivity index (χ2v) is 4.42. The van der Waals surface area contributed by atoms with Crippen molar-refractivity contribution in [2.24, 2.45) is 0 Å². The van der Waals surface area contributed by atoms with E-state index in [-0.39, 0.29) is 11.6 Å². The van der Waals surface area contributed by atoms with Crippen LogP contribution in [0.25, 0.3) is 0 Å². The Morgan fingerprint density at radius 3 is 3.00 bits per heavy atom. The number of aromatic amines is 1. The Hall–Kier alpha value is -1.62. The van der Waals surface area contributed by atoms with Crippen LogP contribution in [0.3, 0.4) is 0 Å². The molecule has 2 aromatic rings. The summed E-state index contributed by atoms with van der Waals surface area (Å²) < 4.78 is 0. The molecule has 0 spiro atoms. The summed E-state index contributed by atoms with van der Waals surface area (Å²) >= 11 is 1.66. The highest BCUT2D eigenvalue weighted by molar-refractivity contribution is 7.07. The van der Waals surface area contributed by atoms with E-state index in [4.69, 9.17) is 0 Å². The van der Waals surface area contributed by atoms with Gasteiger partial charge in [-0.3, -0.25) is 4.79 Å². The summed E-state index contributed by atoms with van der Waals surface area (Å²) in [6, 6.07) is 3.68. The third kappa shape index (κ3) is 2.49. The van der Waals surface area contributed by atoms with E-state index in [1.807, 2.05) is 12.3 Å². The van der Waals surface area contributed by atoms with Gasteiger partial charge >= 0.3 is 0 Å². The Morgan fingerprint density at radius 1 is 1.56 bits per heavy atom. The fourth-order valence-electron chi connectivity index (χ4n) is 1.48. The zero-order valence-corrected chi connectivity index (χ0v) is 9.97. The Balaban J connectivity index is 2.18. The monoisotopic (exact) mass is 235 g/mol. The minimum Gasteiger partial charge on any atom is -0.363 e. The fourth-order valence-corrected chi connectivity index (χ4v) is 2.23. The van der Waals surface area contributed by atoms with Gasteiger partial charge in [0.25, 0.3) is 5.56 Å². The SMILES string of the molecule is Cc1nc(NC(C)c2ccsc2)cc(=O)[nH]1. The molecule has 4 nitrogen and oxygen atoms in total. The average Bonchev–Trinajstić information content (AvgIpc) is 2.68. The lowest BCUT2D eigenvalue weighted by atomic mass is 10.2. The van der Waals surface area contributed by atoms with E-state index in [0.717, 1.165) is 0 Å². The van der Waals surface area contributed by atoms with Gasteiger partial charge in [0.05, 0.1) is 6.04 Å². The van der Waals surface area contributed by atoms with Crippen molar-refractivity contribution in [3.63, 3.8) is 0 Å². The van der Waals surface area contributed by atoms with Gasteiger partial charge in [0, 0.05) is 6.07 Å². The van der Waals surface area contributed by atoms with Gasteiger partial charge in [-0.15, -0.1) is 0 Å². The largest absolute Gasteiger partial charge is 0.363 e. The van der Waals surface area contributed by atoms with Gasteiger partial charge < -0.3 is 10.3 Å². The average molecular weight is 235 g/mol. The number of anilines is 1. The molecule has 0 bridgehead atoms. The Kier molecular flexibility index (Phi) is 3.05. The molecule has 0 aromatic carbocycles. The molecule has 2 N–H and O–H groups in total. The third-order valence-corrected chi connectivity index (χ3v) is 2.97. The zero-order chi connectivity index (χ0) is 11.5. The number of nitrogens with one attached hydrogen (secondary N) is 2. The number of aryl methyl sites for hydroxylation is 1. The zero-order valence-electron chi connectivity index (χ0n) is 9.15. The van der Waals surface area contributed by atoms with E-state index in [9.17, 15) is 4.79 Å². The highest BCUT2D eigenvalue weighted by Gasteiger charge is 2.06. The van der Waals surface area contributed by atoms with Gasteiger partial charge in [0.2, 0.25) is 0 Å². The first-order chi connectivity index (χ1) is 7.65. The van der Waals surface area contributed by atoms with Gasteiger partial charge in [-0.1, -0.05) is 0 Å². The maximum Gasteiger partial charge on any atom is 0.252 e. The molecule has 2 aromatic heterocycles. The predicted molar refractivity (Wildman–Crippen MR) is 66.0 cm³/mol. The van der Waals surface area contributed by atoms with E-state index >= 15 is 0 Å². The van der Waals surface area contributed by atoms with E-state index in [1.54, 1.807) is 18.3 Å². The van der Waals surface area contributed by atoms with Gasteiger partial charge in [-0.05, 0) is 36.2 Å². The summed E-state index contributed by atoms with van der Waals surface area (Å²) in [5.74, 6) is 1.23. The highest BCUT2D eigenvalue weighted by atomic mass is 32.1. The molecule has 16 heavy (non-hydrogen) atoms. The molecule has 0 amide bonds. The standard InChI is InChI=1S/C11H13N3OS/c1-7(9-3-4-16-6-9)12-10-5-11(15)14-8(2)13-10/h3-7H,1-2H3,(H2,12,13,14,15). The Labute approximate surface area is 97.4 Å². The first-order valence-corrected chi connectivity index (χ1v) is 5.96. The molecule has 5 heteroatoms. The van der Waals surface area contributed by atoms with Crippen LogP contribution in [0.1, 0.15) is 24.4 Å². The minimum atomic E-state index is -0.132. The van der Waals surface area contributed by atoms with Crippen molar-refractivity contribution in [3.05, 3.63) is 44.6 Å². The molecular weight excluding hydrogens is 222 g/mol. The third-order valence-electron chi connectivity index (χ3n) is 2.27. The fraction of sp³-hybridized carbons (Fsp3) is 0.273. The van der Waals surface area contributed by atoms with Crippen molar-refractivity contribution < 1.29 is 0 Å². The Morgan fingerprint density at radius 2 is 2.38 bits per heavy atom. The van der Waals surface area contributed by atoms with Crippen LogP contribution in [0.2, 0.25) is 0 Å². The summed E-state index contributed by atoms with van der Waals surface area (Å²) in [6.07, 6.45) is 0. The van der Waals surface area contributed by atoms with E-state index < -0.39 is 0 Å². The Bertz CT molecular complexity index is 518. The molecule has 0 aliphatic heterocycles. The normalized spacial score (nSPS) is 12.4. The van der Waals surface area contributed by atoms with E-state index in [0.29, 0.717) is 11.6 Å². The van der Waals surface area contributed by atoms with Crippen molar-refractivity contribution in [2.75, 3.05) is 5.32 Å². The number of H-pyrrole nitrogens is 1. The maximum atomic E-state index is 11.2. The predicted octanol–water partition coefficient (Wildman–Crippen LogP) is 2.31. The molecule has 1 atom stereocenters. The smallest absolute Gasteiger partial charge is 0.252 e.